The first-order chi connectivity index (χ1) is 11.0. The second kappa shape index (κ2) is 5.88. The van der Waals surface area contributed by atoms with E-state index >= 15 is 0 Å². The highest BCUT2D eigenvalue weighted by molar-refractivity contribution is 5.92. The number of benzene rings is 1. The van der Waals surface area contributed by atoms with E-state index in [2.05, 4.69) is 17.2 Å². The Hall–Kier alpha value is -2.62. The van der Waals surface area contributed by atoms with Gasteiger partial charge in [-0.2, -0.15) is 0 Å². The summed E-state index contributed by atoms with van der Waals surface area (Å²) in [7, 11) is 0. The van der Waals surface area contributed by atoms with Gasteiger partial charge in [-0.25, -0.2) is 4.98 Å². The van der Waals surface area contributed by atoms with Gasteiger partial charge >= 0.3 is 0 Å². The number of rotatable bonds is 3. The van der Waals surface area contributed by atoms with Crippen LogP contribution in [0.25, 0.3) is 5.65 Å². The van der Waals surface area contributed by atoms with Crippen LogP contribution >= 0.6 is 0 Å². The highest BCUT2D eigenvalue weighted by Gasteiger charge is 2.14. The normalized spacial score (nSPS) is 11.0. The number of carbonyl (C=O) groups excluding carboxylic acids is 1. The van der Waals surface area contributed by atoms with E-state index in [0.717, 1.165) is 28.3 Å². The SMILES string of the molecule is Cc1ccc(NC(=O)Cc2c(C)nc3c(C)cccn23)cc1C. The molecule has 0 aliphatic carbocycles. The van der Waals surface area contributed by atoms with Crippen molar-refractivity contribution in [1.29, 1.82) is 0 Å². The number of aryl methyl sites for hydroxylation is 4. The van der Waals surface area contributed by atoms with Gasteiger partial charge < -0.3 is 9.72 Å². The zero-order chi connectivity index (χ0) is 16.6. The molecule has 23 heavy (non-hydrogen) atoms. The lowest BCUT2D eigenvalue weighted by Gasteiger charge is -2.08. The van der Waals surface area contributed by atoms with Gasteiger partial charge in [0.25, 0.3) is 0 Å². The Bertz CT molecular complexity index is 893. The minimum absolute atomic E-state index is 0.0281. The Labute approximate surface area is 136 Å². The van der Waals surface area contributed by atoms with Crippen LogP contribution < -0.4 is 5.32 Å². The molecule has 1 N–H and O–H groups in total. The average molecular weight is 307 g/mol. The Morgan fingerprint density at radius 3 is 2.61 bits per heavy atom. The van der Waals surface area contributed by atoms with Crippen molar-refractivity contribution in [2.45, 2.75) is 34.1 Å². The van der Waals surface area contributed by atoms with Crippen molar-refractivity contribution in [3.05, 3.63) is 64.6 Å². The molecule has 0 unspecified atom stereocenters. The lowest BCUT2D eigenvalue weighted by molar-refractivity contribution is -0.115. The Morgan fingerprint density at radius 1 is 1.09 bits per heavy atom. The number of aromatic nitrogens is 2. The maximum absolute atomic E-state index is 12.4. The summed E-state index contributed by atoms with van der Waals surface area (Å²) >= 11 is 0. The van der Waals surface area contributed by atoms with Crippen LogP contribution in [-0.4, -0.2) is 15.3 Å². The molecular weight excluding hydrogens is 286 g/mol. The Balaban J connectivity index is 1.84. The molecule has 0 spiro atoms. The van der Waals surface area contributed by atoms with E-state index in [4.69, 9.17) is 0 Å². The minimum atomic E-state index is -0.0281. The van der Waals surface area contributed by atoms with E-state index in [1.165, 1.54) is 11.1 Å². The van der Waals surface area contributed by atoms with Gasteiger partial charge in [0.15, 0.2) is 0 Å². The summed E-state index contributed by atoms with van der Waals surface area (Å²) in [4.78, 5) is 17.0. The maximum Gasteiger partial charge on any atom is 0.230 e. The third kappa shape index (κ3) is 2.97. The summed E-state index contributed by atoms with van der Waals surface area (Å²) in [6, 6.07) is 9.97. The number of amides is 1. The molecule has 2 aromatic heterocycles. The molecule has 0 atom stereocenters. The first-order valence-corrected chi connectivity index (χ1v) is 7.76. The van der Waals surface area contributed by atoms with Crippen LogP contribution in [0.1, 0.15) is 28.1 Å². The predicted octanol–water partition coefficient (Wildman–Crippen LogP) is 3.75. The van der Waals surface area contributed by atoms with Crippen LogP contribution in [-0.2, 0) is 11.2 Å². The lowest BCUT2D eigenvalue weighted by Crippen LogP contribution is -2.16. The monoisotopic (exact) mass is 307 g/mol. The molecule has 0 saturated heterocycles. The first-order valence-electron chi connectivity index (χ1n) is 7.76. The smallest absolute Gasteiger partial charge is 0.230 e. The number of imidazole rings is 1. The van der Waals surface area contributed by atoms with E-state index in [1.807, 2.05) is 61.7 Å². The summed E-state index contributed by atoms with van der Waals surface area (Å²) in [5, 5.41) is 2.97. The molecule has 3 rings (SSSR count). The molecular formula is C19H21N3O. The van der Waals surface area contributed by atoms with E-state index in [1.54, 1.807) is 0 Å². The van der Waals surface area contributed by atoms with Gasteiger partial charge in [0, 0.05) is 11.9 Å². The van der Waals surface area contributed by atoms with Crippen LogP contribution in [0.3, 0.4) is 0 Å². The lowest BCUT2D eigenvalue weighted by atomic mass is 10.1. The summed E-state index contributed by atoms with van der Waals surface area (Å²) in [6.45, 7) is 8.08. The molecule has 0 saturated carbocycles. The van der Waals surface area contributed by atoms with E-state index < -0.39 is 0 Å². The molecule has 1 amide bonds. The number of hydrogen-bond donors (Lipinski definition) is 1. The second-order valence-electron chi connectivity index (χ2n) is 6.05. The molecule has 0 bridgehead atoms. The zero-order valence-corrected chi connectivity index (χ0v) is 14.0. The fraction of sp³-hybridized carbons (Fsp3) is 0.263. The second-order valence-corrected chi connectivity index (χ2v) is 6.05. The number of carbonyl (C=O) groups is 1. The predicted molar refractivity (Wildman–Crippen MR) is 92.9 cm³/mol. The molecule has 0 radical (unpaired) electrons. The van der Waals surface area contributed by atoms with Crippen molar-refractivity contribution in [3.63, 3.8) is 0 Å². The topological polar surface area (TPSA) is 46.4 Å². The van der Waals surface area contributed by atoms with Gasteiger partial charge in [-0.3, -0.25) is 4.79 Å². The molecule has 118 valence electrons. The summed E-state index contributed by atoms with van der Waals surface area (Å²) < 4.78 is 2.00. The largest absolute Gasteiger partial charge is 0.326 e. The van der Waals surface area contributed by atoms with E-state index in [0.29, 0.717) is 6.42 Å². The zero-order valence-electron chi connectivity index (χ0n) is 14.0. The van der Waals surface area contributed by atoms with Crippen molar-refractivity contribution in [1.82, 2.24) is 9.38 Å². The number of anilines is 1. The molecule has 1 aromatic carbocycles. The van der Waals surface area contributed by atoms with Crippen molar-refractivity contribution in [2.75, 3.05) is 5.32 Å². The average Bonchev–Trinajstić information content (AvgIpc) is 2.81. The molecule has 4 heteroatoms. The third-order valence-corrected chi connectivity index (χ3v) is 4.26. The third-order valence-electron chi connectivity index (χ3n) is 4.26. The van der Waals surface area contributed by atoms with Gasteiger partial charge in [0.2, 0.25) is 5.91 Å². The van der Waals surface area contributed by atoms with Gasteiger partial charge in [-0.1, -0.05) is 12.1 Å². The Morgan fingerprint density at radius 2 is 1.87 bits per heavy atom. The van der Waals surface area contributed by atoms with Crippen LogP contribution in [0.5, 0.6) is 0 Å². The molecule has 4 nitrogen and oxygen atoms in total. The van der Waals surface area contributed by atoms with Crippen LogP contribution in [0.15, 0.2) is 36.5 Å². The van der Waals surface area contributed by atoms with E-state index in [-0.39, 0.29) is 5.91 Å². The van der Waals surface area contributed by atoms with Crippen molar-refractivity contribution in [3.8, 4) is 0 Å². The number of fused-ring (bicyclic) bond motifs is 1. The van der Waals surface area contributed by atoms with E-state index in [9.17, 15) is 4.79 Å². The standard InChI is InChI=1S/C19H21N3O/c1-12-7-8-16(10-14(12)3)21-18(23)11-17-15(4)20-19-13(2)6-5-9-22(17)19/h5-10H,11H2,1-4H3,(H,21,23). The van der Waals surface area contributed by atoms with Crippen molar-refractivity contribution < 1.29 is 4.79 Å². The fourth-order valence-corrected chi connectivity index (χ4v) is 2.76. The van der Waals surface area contributed by atoms with Crippen LogP contribution in [0, 0.1) is 27.7 Å². The van der Waals surface area contributed by atoms with Gasteiger partial charge in [-0.15, -0.1) is 0 Å². The maximum atomic E-state index is 12.4. The highest BCUT2D eigenvalue weighted by atomic mass is 16.1. The number of hydrogen-bond acceptors (Lipinski definition) is 2. The van der Waals surface area contributed by atoms with Gasteiger partial charge in [0.1, 0.15) is 5.65 Å². The van der Waals surface area contributed by atoms with Gasteiger partial charge in [0.05, 0.1) is 17.8 Å². The van der Waals surface area contributed by atoms with Crippen molar-refractivity contribution >= 4 is 17.2 Å². The number of pyridine rings is 1. The fourth-order valence-electron chi connectivity index (χ4n) is 2.76. The quantitative estimate of drug-likeness (QED) is 0.801. The van der Waals surface area contributed by atoms with Crippen LogP contribution in [0.2, 0.25) is 0 Å². The molecule has 0 aliphatic rings. The summed E-state index contributed by atoms with van der Waals surface area (Å²) in [5.74, 6) is -0.0281. The number of nitrogens with zero attached hydrogens (tertiary/aromatic N) is 2. The Kier molecular flexibility index (Phi) is 3.90. The molecule has 3 aromatic rings. The summed E-state index contributed by atoms with van der Waals surface area (Å²) in [6.07, 6.45) is 2.27. The van der Waals surface area contributed by atoms with Gasteiger partial charge in [-0.05, 0) is 62.6 Å². The molecule has 0 aliphatic heterocycles. The number of nitrogens with one attached hydrogen (secondary N) is 1. The molecule has 2 heterocycles. The minimum Gasteiger partial charge on any atom is -0.326 e. The highest BCUT2D eigenvalue weighted by Crippen LogP contribution is 2.18. The van der Waals surface area contributed by atoms with Crippen molar-refractivity contribution in [2.24, 2.45) is 0 Å². The van der Waals surface area contributed by atoms with Crippen LogP contribution in [0.4, 0.5) is 5.69 Å². The first kappa shape index (κ1) is 15.3. The summed E-state index contributed by atoms with van der Waals surface area (Å²) in [5.41, 5.74) is 7.08. The molecule has 0 fully saturated rings.